The number of aliphatic hydroxyl groups is 3. The van der Waals surface area contributed by atoms with E-state index in [2.05, 4.69) is 25.6 Å². The van der Waals surface area contributed by atoms with Gasteiger partial charge in [0.1, 0.15) is 28.2 Å². The molecule has 1 saturated carbocycles. The molecule has 14 heteroatoms. The molecule has 0 unspecified atom stereocenters. The molecule has 0 amide bonds. The molecule has 5 N–H and O–H groups in total. The molecule has 3 heterocycles. The zero-order valence-corrected chi connectivity index (χ0v) is 23.2. The zero-order valence-electron chi connectivity index (χ0n) is 22.3. The Hall–Kier alpha value is -3.59. The van der Waals surface area contributed by atoms with Crippen LogP contribution in [-0.4, -0.2) is 73.4 Å². The van der Waals surface area contributed by atoms with E-state index in [1.165, 1.54) is 42.7 Å². The van der Waals surface area contributed by atoms with Crippen molar-refractivity contribution >= 4 is 33.3 Å². The molecule has 0 saturated heterocycles. The summed E-state index contributed by atoms with van der Waals surface area (Å²) in [4.78, 5) is 17.8. The maximum atomic E-state index is 14.2. The van der Waals surface area contributed by atoms with Gasteiger partial charge in [-0.15, -0.1) is 11.3 Å². The van der Waals surface area contributed by atoms with Crippen LogP contribution in [0.25, 0.3) is 20.8 Å². The number of pyridine rings is 1. The van der Waals surface area contributed by atoms with Crippen LogP contribution in [0.5, 0.6) is 5.75 Å². The van der Waals surface area contributed by atoms with Gasteiger partial charge in [-0.1, -0.05) is 12.1 Å². The summed E-state index contributed by atoms with van der Waals surface area (Å²) in [5.41, 5.74) is 2.11. The fraction of sp³-hybridized carbons (Fsp3) is 0.407. The van der Waals surface area contributed by atoms with E-state index in [0.29, 0.717) is 33.2 Å². The SMILES string of the molecule is COc1ccc([C@H](Nc2nc(C)c(-c3nc4c(C)nccc4s3)c(N[C@@H]3C[C@H](CO)[C@@H](O)[C@H]3O)n2)C(F)(F)F)cc1. The van der Waals surface area contributed by atoms with Crippen molar-refractivity contribution in [3.63, 3.8) is 0 Å². The summed E-state index contributed by atoms with van der Waals surface area (Å²) in [5, 5.41) is 36.7. The van der Waals surface area contributed by atoms with Crippen LogP contribution in [0.4, 0.5) is 24.9 Å². The molecule has 10 nitrogen and oxygen atoms in total. The number of thiazole rings is 1. The minimum atomic E-state index is -4.68. The third-order valence-electron chi connectivity index (χ3n) is 7.20. The number of anilines is 2. The molecule has 0 aliphatic heterocycles. The number of methoxy groups -OCH3 is 1. The lowest BCUT2D eigenvalue weighted by Gasteiger charge is -2.24. The smallest absolute Gasteiger partial charge is 0.412 e. The molecule has 4 aromatic rings. The summed E-state index contributed by atoms with van der Waals surface area (Å²) in [6.07, 6.45) is -5.23. The van der Waals surface area contributed by atoms with E-state index in [-0.39, 0.29) is 30.4 Å². The van der Waals surface area contributed by atoms with Gasteiger partial charge in [-0.25, -0.2) is 9.97 Å². The Balaban J connectivity index is 1.58. The Morgan fingerprint density at radius 1 is 1.05 bits per heavy atom. The number of halogens is 3. The van der Waals surface area contributed by atoms with Gasteiger partial charge in [-0.2, -0.15) is 18.2 Å². The van der Waals surface area contributed by atoms with Crippen LogP contribution >= 0.6 is 11.3 Å². The van der Waals surface area contributed by atoms with E-state index in [0.717, 1.165) is 4.70 Å². The number of nitrogens with zero attached hydrogens (tertiary/aromatic N) is 4. The van der Waals surface area contributed by atoms with Crippen molar-refractivity contribution in [3.8, 4) is 16.3 Å². The number of nitrogens with one attached hydrogen (secondary N) is 2. The highest BCUT2D eigenvalue weighted by Gasteiger charge is 2.43. The maximum Gasteiger partial charge on any atom is 0.412 e. The molecule has 0 bridgehead atoms. The highest BCUT2D eigenvalue weighted by molar-refractivity contribution is 7.21. The topological polar surface area (TPSA) is 146 Å². The molecular formula is C27H29F3N6O4S. The molecule has 5 atom stereocenters. The van der Waals surface area contributed by atoms with E-state index >= 15 is 0 Å². The number of alkyl halides is 3. The number of rotatable bonds is 8. The predicted octanol–water partition coefficient (Wildman–Crippen LogP) is 4.00. The highest BCUT2D eigenvalue weighted by Crippen LogP contribution is 2.40. The quantitative estimate of drug-likeness (QED) is 0.204. The van der Waals surface area contributed by atoms with Crippen LogP contribution in [0.3, 0.4) is 0 Å². The maximum absolute atomic E-state index is 14.2. The van der Waals surface area contributed by atoms with Crippen molar-refractivity contribution in [2.75, 3.05) is 24.4 Å². The Kier molecular flexibility index (Phi) is 8.01. The molecule has 1 aliphatic rings. The molecular weight excluding hydrogens is 561 g/mol. The van der Waals surface area contributed by atoms with Gasteiger partial charge in [0.05, 0.1) is 40.9 Å². The van der Waals surface area contributed by atoms with Gasteiger partial charge < -0.3 is 30.7 Å². The largest absolute Gasteiger partial charge is 0.497 e. The van der Waals surface area contributed by atoms with Gasteiger partial charge in [0.2, 0.25) is 5.95 Å². The molecule has 1 fully saturated rings. The van der Waals surface area contributed by atoms with Gasteiger partial charge in [-0.3, -0.25) is 4.98 Å². The van der Waals surface area contributed by atoms with E-state index in [1.807, 2.05) is 13.0 Å². The molecule has 218 valence electrons. The summed E-state index contributed by atoms with van der Waals surface area (Å²) in [5.74, 6) is -0.322. The first-order valence-corrected chi connectivity index (χ1v) is 13.6. The Bertz CT molecular complexity index is 1530. The molecule has 3 aromatic heterocycles. The predicted molar refractivity (Wildman–Crippen MR) is 148 cm³/mol. The van der Waals surface area contributed by atoms with Crippen LogP contribution in [0.1, 0.15) is 29.4 Å². The molecule has 5 rings (SSSR count). The van der Waals surface area contributed by atoms with Crippen molar-refractivity contribution < 1.29 is 33.2 Å². The minimum Gasteiger partial charge on any atom is -0.497 e. The van der Waals surface area contributed by atoms with Gasteiger partial charge in [0.15, 0.2) is 6.04 Å². The lowest BCUT2D eigenvalue weighted by atomic mass is 10.1. The zero-order chi connectivity index (χ0) is 29.5. The van der Waals surface area contributed by atoms with E-state index in [4.69, 9.17) is 9.72 Å². The second-order valence-electron chi connectivity index (χ2n) is 9.92. The summed E-state index contributed by atoms with van der Waals surface area (Å²) in [6.45, 7) is 3.12. The summed E-state index contributed by atoms with van der Waals surface area (Å²) >= 11 is 1.35. The molecule has 0 spiro atoms. The number of ether oxygens (including phenoxy) is 1. The fourth-order valence-electron chi connectivity index (χ4n) is 4.99. The van der Waals surface area contributed by atoms with Crippen LogP contribution in [0, 0.1) is 19.8 Å². The van der Waals surface area contributed by atoms with Crippen LogP contribution < -0.4 is 15.4 Å². The van der Waals surface area contributed by atoms with Gasteiger partial charge in [0, 0.05) is 18.7 Å². The number of fused-ring (bicyclic) bond motifs is 1. The minimum absolute atomic E-state index is 0.0626. The first kappa shape index (κ1) is 28.9. The van der Waals surface area contributed by atoms with Crippen LogP contribution in [-0.2, 0) is 0 Å². The van der Waals surface area contributed by atoms with Crippen LogP contribution in [0.2, 0.25) is 0 Å². The number of hydrogen-bond donors (Lipinski definition) is 5. The average Bonchev–Trinajstić information content (AvgIpc) is 3.48. The lowest BCUT2D eigenvalue weighted by Crippen LogP contribution is -2.36. The van der Waals surface area contributed by atoms with Gasteiger partial charge >= 0.3 is 6.18 Å². The third-order valence-corrected chi connectivity index (χ3v) is 8.24. The summed E-state index contributed by atoms with van der Waals surface area (Å²) in [6, 6.07) is 4.45. The second kappa shape index (κ2) is 11.4. The normalized spacial score (nSPS) is 21.7. The average molecular weight is 591 g/mol. The van der Waals surface area contributed by atoms with Crippen molar-refractivity contribution in [1.82, 2.24) is 19.9 Å². The standard InChI is InChI=1S/C27H29F3N6O4S/c1-12-19(25-34-20-13(2)31-9-8-18(20)41-25)24(33-17-10-15(11-37)21(38)22(17)39)36-26(32-12)35-23(27(28,29)30)14-4-6-16(40-3)7-5-14/h4-9,15,17,21-23,37-39H,10-11H2,1-3H3,(H2,32,33,35,36)/t15-,17-,21-,22+,23+/m1/s1. The lowest BCUT2D eigenvalue weighted by molar-refractivity contribution is -0.144. The molecule has 0 radical (unpaired) electrons. The number of aliphatic hydroxyl groups excluding tert-OH is 3. The number of aryl methyl sites for hydroxylation is 2. The Morgan fingerprint density at radius 2 is 1.78 bits per heavy atom. The van der Waals surface area contributed by atoms with Crippen molar-refractivity contribution in [1.29, 1.82) is 0 Å². The van der Waals surface area contributed by atoms with Crippen molar-refractivity contribution in [3.05, 3.63) is 53.5 Å². The summed E-state index contributed by atoms with van der Waals surface area (Å²) < 4.78 is 48.6. The number of benzene rings is 1. The fourth-order valence-corrected chi connectivity index (χ4v) is 6.10. The Morgan fingerprint density at radius 3 is 2.39 bits per heavy atom. The Labute approximate surface area is 237 Å². The first-order valence-electron chi connectivity index (χ1n) is 12.8. The van der Waals surface area contributed by atoms with Crippen molar-refractivity contribution in [2.24, 2.45) is 5.92 Å². The summed E-state index contributed by atoms with van der Waals surface area (Å²) in [7, 11) is 1.42. The monoisotopic (exact) mass is 590 g/mol. The molecule has 41 heavy (non-hydrogen) atoms. The molecule has 1 aromatic carbocycles. The number of hydrogen-bond acceptors (Lipinski definition) is 11. The highest BCUT2D eigenvalue weighted by atomic mass is 32.1. The first-order chi connectivity index (χ1) is 19.5. The van der Waals surface area contributed by atoms with E-state index in [1.54, 1.807) is 13.1 Å². The van der Waals surface area contributed by atoms with Crippen molar-refractivity contribution in [2.45, 2.75) is 50.7 Å². The van der Waals surface area contributed by atoms with Gasteiger partial charge in [-0.05, 0) is 44.0 Å². The van der Waals surface area contributed by atoms with E-state index < -0.39 is 36.4 Å². The van der Waals surface area contributed by atoms with Gasteiger partial charge in [0.25, 0.3) is 0 Å². The molecule has 1 aliphatic carbocycles. The third kappa shape index (κ3) is 5.77. The number of aromatic nitrogens is 4. The van der Waals surface area contributed by atoms with E-state index in [9.17, 15) is 28.5 Å². The second-order valence-corrected chi connectivity index (χ2v) is 11.0. The van der Waals surface area contributed by atoms with Crippen LogP contribution in [0.15, 0.2) is 36.5 Å².